The maximum absolute atomic E-state index is 5.56. The van der Waals surface area contributed by atoms with Gasteiger partial charge in [0.05, 0.1) is 0 Å². The van der Waals surface area contributed by atoms with Crippen LogP contribution >= 0.6 is 0 Å². The maximum Gasteiger partial charge on any atom is 0.258 e. The van der Waals surface area contributed by atoms with E-state index in [4.69, 9.17) is 15.0 Å². The third-order valence-corrected chi connectivity index (χ3v) is 3.10. The highest BCUT2D eigenvalue weighted by atomic mass is 16.5. The van der Waals surface area contributed by atoms with E-state index in [1.807, 2.05) is 24.3 Å². The molecule has 2 heterocycles. The summed E-state index contributed by atoms with van der Waals surface area (Å²) in [6.45, 7) is 1.31. The Bertz CT molecular complexity index is 515. The molecule has 1 atom stereocenters. The fourth-order valence-electron chi connectivity index (χ4n) is 2.05. The van der Waals surface area contributed by atoms with Gasteiger partial charge in [-0.1, -0.05) is 17.3 Å². The van der Waals surface area contributed by atoms with Gasteiger partial charge in [0.15, 0.2) is 0 Å². The summed E-state index contributed by atoms with van der Waals surface area (Å²) in [7, 11) is 0. The molecule has 5 nitrogen and oxygen atoms in total. The summed E-state index contributed by atoms with van der Waals surface area (Å²) in [6, 6.07) is 7.81. The molecule has 0 spiro atoms. The topological polar surface area (TPSA) is 74.2 Å². The lowest BCUT2D eigenvalue weighted by Gasteiger charge is -2.01. The first-order chi connectivity index (χ1) is 8.86. The van der Waals surface area contributed by atoms with Gasteiger partial charge in [0.25, 0.3) is 5.89 Å². The van der Waals surface area contributed by atoms with Crippen molar-refractivity contribution in [3.8, 4) is 11.5 Å². The molecule has 94 valence electrons. The van der Waals surface area contributed by atoms with E-state index >= 15 is 0 Å². The molecule has 0 amide bonds. The zero-order chi connectivity index (χ0) is 12.4. The van der Waals surface area contributed by atoms with Gasteiger partial charge in [0.2, 0.25) is 5.82 Å². The second-order valence-corrected chi connectivity index (χ2v) is 4.36. The molecular weight excluding hydrogens is 230 g/mol. The van der Waals surface area contributed by atoms with Gasteiger partial charge in [-0.15, -0.1) is 0 Å². The van der Waals surface area contributed by atoms with E-state index in [1.54, 1.807) is 0 Å². The predicted molar refractivity (Wildman–Crippen MR) is 65.6 cm³/mol. The smallest absolute Gasteiger partial charge is 0.258 e. The quantitative estimate of drug-likeness (QED) is 0.895. The lowest BCUT2D eigenvalue weighted by Crippen LogP contribution is -1.98. The van der Waals surface area contributed by atoms with Crippen LogP contribution in [0.1, 0.15) is 30.3 Å². The Labute approximate surface area is 105 Å². The Morgan fingerprint density at radius 3 is 2.78 bits per heavy atom. The van der Waals surface area contributed by atoms with E-state index in [0.29, 0.717) is 18.3 Å². The molecule has 1 aromatic carbocycles. The average molecular weight is 245 g/mol. The van der Waals surface area contributed by atoms with Crippen molar-refractivity contribution < 1.29 is 9.26 Å². The minimum Gasteiger partial charge on any atom is -0.370 e. The van der Waals surface area contributed by atoms with Crippen molar-refractivity contribution in [2.45, 2.75) is 25.5 Å². The van der Waals surface area contributed by atoms with E-state index in [0.717, 1.165) is 30.6 Å². The number of aromatic nitrogens is 2. The summed E-state index contributed by atoms with van der Waals surface area (Å²) in [5, 5.41) is 3.98. The molecule has 0 bridgehead atoms. The first-order valence-electron chi connectivity index (χ1n) is 6.11. The lowest BCUT2D eigenvalue weighted by atomic mass is 10.1. The third kappa shape index (κ3) is 2.14. The van der Waals surface area contributed by atoms with Gasteiger partial charge in [-0.2, -0.15) is 4.98 Å². The molecule has 1 aromatic heterocycles. The van der Waals surface area contributed by atoms with E-state index in [1.165, 1.54) is 0 Å². The van der Waals surface area contributed by atoms with Crippen molar-refractivity contribution >= 4 is 0 Å². The highest BCUT2D eigenvalue weighted by Gasteiger charge is 2.23. The summed E-state index contributed by atoms with van der Waals surface area (Å²) in [5.74, 6) is 1.18. The molecular formula is C13H15N3O2. The first kappa shape index (κ1) is 11.4. The van der Waals surface area contributed by atoms with Crippen LogP contribution < -0.4 is 5.73 Å². The maximum atomic E-state index is 5.56. The molecule has 1 unspecified atom stereocenters. The molecule has 2 aromatic rings. The Hall–Kier alpha value is -1.72. The van der Waals surface area contributed by atoms with E-state index in [2.05, 4.69) is 10.1 Å². The van der Waals surface area contributed by atoms with Crippen molar-refractivity contribution in [2.24, 2.45) is 5.73 Å². The number of ether oxygens (including phenoxy) is 1. The van der Waals surface area contributed by atoms with Crippen LogP contribution in [0.25, 0.3) is 11.5 Å². The number of hydrogen-bond donors (Lipinski definition) is 1. The van der Waals surface area contributed by atoms with Gasteiger partial charge in [-0.3, -0.25) is 0 Å². The average Bonchev–Trinajstić information content (AvgIpc) is 3.09. The van der Waals surface area contributed by atoms with Gasteiger partial charge in [0, 0.05) is 18.7 Å². The summed E-state index contributed by atoms with van der Waals surface area (Å²) in [6.07, 6.45) is 2.01. The summed E-state index contributed by atoms with van der Waals surface area (Å²) in [4.78, 5) is 4.38. The summed E-state index contributed by atoms with van der Waals surface area (Å²) < 4.78 is 10.8. The lowest BCUT2D eigenvalue weighted by molar-refractivity contribution is 0.103. The van der Waals surface area contributed by atoms with Gasteiger partial charge in [0.1, 0.15) is 6.10 Å². The van der Waals surface area contributed by atoms with E-state index < -0.39 is 0 Å². The van der Waals surface area contributed by atoms with Crippen molar-refractivity contribution in [1.82, 2.24) is 10.1 Å². The zero-order valence-electron chi connectivity index (χ0n) is 10.0. The largest absolute Gasteiger partial charge is 0.370 e. The Kier molecular flexibility index (Phi) is 3.08. The number of hydrogen-bond acceptors (Lipinski definition) is 5. The van der Waals surface area contributed by atoms with Crippen LogP contribution in [-0.4, -0.2) is 16.7 Å². The van der Waals surface area contributed by atoms with Gasteiger partial charge in [-0.25, -0.2) is 0 Å². The second-order valence-electron chi connectivity index (χ2n) is 4.36. The van der Waals surface area contributed by atoms with Gasteiger partial charge in [-0.05, 0) is 30.5 Å². The molecule has 5 heteroatoms. The van der Waals surface area contributed by atoms with Gasteiger partial charge >= 0.3 is 0 Å². The van der Waals surface area contributed by atoms with Crippen molar-refractivity contribution in [2.75, 3.05) is 6.61 Å². The molecule has 18 heavy (non-hydrogen) atoms. The number of rotatable bonds is 3. The molecule has 1 aliphatic rings. The third-order valence-electron chi connectivity index (χ3n) is 3.10. The SMILES string of the molecule is NCc1ccc(-c2nc(C3CCCO3)no2)cc1. The summed E-state index contributed by atoms with van der Waals surface area (Å²) in [5.41, 5.74) is 7.55. The Balaban J connectivity index is 1.82. The van der Waals surface area contributed by atoms with Crippen molar-refractivity contribution in [3.63, 3.8) is 0 Å². The molecule has 0 radical (unpaired) electrons. The fourth-order valence-corrected chi connectivity index (χ4v) is 2.05. The van der Waals surface area contributed by atoms with Crippen LogP contribution in [0.2, 0.25) is 0 Å². The Morgan fingerprint density at radius 2 is 2.11 bits per heavy atom. The summed E-state index contributed by atoms with van der Waals surface area (Å²) >= 11 is 0. The standard InChI is InChI=1S/C13H15N3O2/c14-8-9-3-5-10(6-4-9)13-15-12(16-18-13)11-2-1-7-17-11/h3-6,11H,1-2,7-8,14H2. The minimum atomic E-state index is -0.00850. The molecule has 0 saturated carbocycles. The normalized spacial score (nSPS) is 19.3. The number of benzene rings is 1. The molecule has 1 aliphatic heterocycles. The molecule has 3 rings (SSSR count). The molecule has 0 aliphatic carbocycles. The van der Waals surface area contributed by atoms with Crippen LogP contribution in [0.4, 0.5) is 0 Å². The monoisotopic (exact) mass is 245 g/mol. The van der Waals surface area contributed by atoms with Crippen molar-refractivity contribution in [1.29, 1.82) is 0 Å². The molecule has 2 N–H and O–H groups in total. The van der Waals surface area contributed by atoms with Crippen LogP contribution in [-0.2, 0) is 11.3 Å². The fraction of sp³-hybridized carbons (Fsp3) is 0.385. The second kappa shape index (κ2) is 4.88. The molecule has 1 fully saturated rings. The van der Waals surface area contributed by atoms with Crippen LogP contribution in [0.15, 0.2) is 28.8 Å². The van der Waals surface area contributed by atoms with Crippen LogP contribution in [0.5, 0.6) is 0 Å². The highest BCUT2D eigenvalue weighted by Crippen LogP contribution is 2.28. The van der Waals surface area contributed by atoms with E-state index in [-0.39, 0.29) is 6.10 Å². The van der Waals surface area contributed by atoms with Crippen LogP contribution in [0, 0.1) is 0 Å². The van der Waals surface area contributed by atoms with Gasteiger partial charge < -0.3 is 15.0 Å². The minimum absolute atomic E-state index is 0.00850. The first-order valence-corrected chi connectivity index (χ1v) is 6.11. The highest BCUT2D eigenvalue weighted by molar-refractivity contribution is 5.53. The number of nitrogens with two attached hydrogens (primary N) is 1. The van der Waals surface area contributed by atoms with E-state index in [9.17, 15) is 0 Å². The molecule has 1 saturated heterocycles. The van der Waals surface area contributed by atoms with Crippen LogP contribution in [0.3, 0.4) is 0 Å². The zero-order valence-corrected chi connectivity index (χ0v) is 10.0. The Morgan fingerprint density at radius 1 is 1.28 bits per heavy atom. The predicted octanol–water partition coefficient (Wildman–Crippen LogP) is 2.05. The van der Waals surface area contributed by atoms with Crippen molar-refractivity contribution in [3.05, 3.63) is 35.7 Å². The number of nitrogens with zero attached hydrogens (tertiary/aromatic N) is 2.